The van der Waals surface area contributed by atoms with Gasteiger partial charge in [0.25, 0.3) is 5.91 Å². The molecule has 0 aliphatic carbocycles. The van der Waals surface area contributed by atoms with E-state index in [1.807, 2.05) is 38.1 Å². The predicted octanol–water partition coefficient (Wildman–Crippen LogP) is 6.29. The standard InChI is InChI=1S/C28H35NO4/c1-17(2)33-21-15-13-20(14-16-21)29-23(18-9-11-19(12-10-18)27(3,4)5)22(24(30)26(29)32)25(31)28(6,7)8/h9-17,23,30H,1-8H3. The summed E-state index contributed by atoms with van der Waals surface area (Å²) < 4.78 is 5.72. The van der Waals surface area contributed by atoms with Crippen molar-refractivity contribution in [3.05, 3.63) is 71.0 Å². The van der Waals surface area contributed by atoms with Crippen molar-refractivity contribution in [3.8, 4) is 5.75 Å². The van der Waals surface area contributed by atoms with Gasteiger partial charge >= 0.3 is 0 Å². The number of ether oxygens (including phenoxy) is 1. The van der Waals surface area contributed by atoms with Crippen LogP contribution >= 0.6 is 0 Å². The molecule has 1 atom stereocenters. The molecule has 0 fully saturated rings. The average molecular weight is 450 g/mol. The van der Waals surface area contributed by atoms with Crippen LogP contribution in [0.2, 0.25) is 0 Å². The highest BCUT2D eigenvalue weighted by Gasteiger charge is 2.46. The fourth-order valence-corrected chi connectivity index (χ4v) is 3.95. The van der Waals surface area contributed by atoms with Gasteiger partial charge < -0.3 is 9.84 Å². The number of benzene rings is 2. The van der Waals surface area contributed by atoms with Crippen LogP contribution in [0.3, 0.4) is 0 Å². The van der Waals surface area contributed by atoms with Gasteiger partial charge in [0, 0.05) is 11.1 Å². The number of aliphatic hydroxyl groups is 1. The Kier molecular flexibility index (Phi) is 6.47. The van der Waals surface area contributed by atoms with Crippen molar-refractivity contribution < 1.29 is 19.4 Å². The van der Waals surface area contributed by atoms with Gasteiger partial charge in [-0.2, -0.15) is 0 Å². The van der Waals surface area contributed by atoms with Crippen LogP contribution in [-0.2, 0) is 15.0 Å². The lowest BCUT2D eigenvalue weighted by molar-refractivity contribution is -0.123. The number of anilines is 1. The van der Waals surface area contributed by atoms with Crippen molar-refractivity contribution in [3.63, 3.8) is 0 Å². The molecule has 0 aromatic heterocycles. The molecule has 5 nitrogen and oxygen atoms in total. The van der Waals surface area contributed by atoms with Gasteiger partial charge in [0.05, 0.1) is 17.7 Å². The van der Waals surface area contributed by atoms with Crippen LogP contribution in [0, 0.1) is 5.41 Å². The van der Waals surface area contributed by atoms with Crippen LogP contribution in [0.15, 0.2) is 59.9 Å². The molecule has 33 heavy (non-hydrogen) atoms. The zero-order valence-electron chi connectivity index (χ0n) is 20.9. The molecule has 0 radical (unpaired) electrons. The Hall–Kier alpha value is -3.08. The van der Waals surface area contributed by atoms with Crippen molar-refractivity contribution in [2.24, 2.45) is 5.41 Å². The normalized spacial score (nSPS) is 17.2. The van der Waals surface area contributed by atoms with Crippen molar-refractivity contribution >= 4 is 17.4 Å². The second-order valence-electron chi connectivity index (χ2n) is 11.0. The number of carbonyl (C=O) groups excluding carboxylic acids is 2. The Morgan fingerprint density at radius 2 is 1.48 bits per heavy atom. The largest absolute Gasteiger partial charge is 0.503 e. The Balaban J connectivity index is 2.12. The molecule has 0 saturated carbocycles. The monoisotopic (exact) mass is 449 g/mol. The van der Waals surface area contributed by atoms with Crippen LogP contribution in [-0.4, -0.2) is 22.9 Å². The summed E-state index contributed by atoms with van der Waals surface area (Å²) in [6.45, 7) is 15.7. The van der Waals surface area contributed by atoms with Gasteiger partial charge in [0.2, 0.25) is 0 Å². The third-order valence-electron chi connectivity index (χ3n) is 5.71. The first-order valence-corrected chi connectivity index (χ1v) is 11.4. The number of carbonyl (C=O) groups is 2. The molecule has 3 rings (SSSR count). The second-order valence-corrected chi connectivity index (χ2v) is 11.0. The lowest BCUT2D eigenvalue weighted by Crippen LogP contribution is -2.32. The Labute approximate surface area is 197 Å². The first-order valence-electron chi connectivity index (χ1n) is 11.4. The van der Waals surface area contributed by atoms with E-state index in [0.717, 1.165) is 11.1 Å². The summed E-state index contributed by atoms with van der Waals surface area (Å²) >= 11 is 0. The third kappa shape index (κ3) is 4.97. The highest BCUT2D eigenvalue weighted by atomic mass is 16.5. The molecule has 0 bridgehead atoms. The van der Waals surface area contributed by atoms with E-state index in [1.165, 1.54) is 4.90 Å². The molecule has 1 N–H and O–H groups in total. The van der Waals surface area contributed by atoms with Crippen molar-refractivity contribution in [1.82, 2.24) is 0 Å². The van der Waals surface area contributed by atoms with Gasteiger partial charge in [-0.05, 0) is 54.7 Å². The first kappa shape index (κ1) is 24.6. The summed E-state index contributed by atoms with van der Waals surface area (Å²) in [4.78, 5) is 28.1. The SMILES string of the molecule is CC(C)Oc1ccc(N2C(=O)C(O)=C(C(=O)C(C)(C)C)C2c2ccc(C(C)(C)C)cc2)cc1. The lowest BCUT2D eigenvalue weighted by atomic mass is 9.81. The number of amides is 1. The van der Waals surface area contributed by atoms with Gasteiger partial charge in [-0.1, -0.05) is 65.8 Å². The van der Waals surface area contributed by atoms with Crippen molar-refractivity contribution in [1.29, 1.82) is 0 Å². The molecule has 1 amide bonds. The number of aliphatic hydroxyl groups excluding tert-OH is 1. The molecule has 2 aromatic rings. The molecule has 1 aliphatic heterocycles. The fraction of sp³-hybridized carbons (Fsp3) is 0.429. The highest BCUT2D eigenvalue weighted by molar-refractivity contribution is 6.17. The van der Waals surface area contributed by atoms with E-state index in [1.54, 1.807) is 45.0 Å². The minimum Gasteiger partial charge on any atom is -0.503 e. The minimum atomic E-state index is -0.752. The molecule has 0 saturated heterocycles. The summed E-state index contributed by atoms with van der Waals surface area (Å²) in [6.07, 6.45) is 0.0278. The number of nitrogens with zero attached hydrogens (tertiary/aromatic N) is 1. The molecule has 0 spiro atoms. The molecule has 2 aromatic carbocycles. The zero-order chi connectivity index (χ0) is 24.7. The van der Waals surface area contributed by atoms with E-state index in [4.69, 9.17) is 4.74 Å². The van der Waals surface area contributed by atoms with Crippen LogP contribution in [0.4, 0.5) is 5.69 Å². The summed E-state index contributed by atoms with van der Waals surface area (Å²) in [5.74, 6) is -0.623. The average Bonchev–Trinajstić information content (AvgIpc) is 2.97. The maximum atomic E-state index is 13.4. The van der Waals surface area contributed by atoms with Gasteiger partial charge in [0.15, 0.2) is 11.5 Å². The number of rotatable bonds is 5. The van der Waals surface area contributed by atoms with E-state index in [9.17, 15) is 14.7 Å². The molecule has 1 unspecified atom stereocenters. The van der Waals surface area contributed by atoms with E-state index >= 15 is 0 Å². The number of hydrogen-bond acceptors (Lipinski definition) is 4. The minimum absolute atomic E-state index is 0.0278. The van der Waals surface area contributed by atoms with Gasteiger partial charge in [0.1, 0.15) is 5.75 Å². The molecule has 1 aliphatic rings. The summed E-state index contributed by atoms with van der Waals surface area (Å²) in [7, 11) is 0. The molecule has 1 heterocycles. The highest BCUT2D eigenvalue weighted by Crippen LogP contribution is 2.44. The molecule has 176 valence electrons. The topological polar surface area (TPSA) is 66.8 Å². The lowest BCUT2D eigenvalue weighted by Gasteiger charge is -2.29. The quantitative estimate of drug-likeness (QED) is 0.583. The van der Waals surface area contributed by atoms with Crippen LogP contribution < -0.4 is 9.64 Å². The summed E-state index contributed by atoms with van der Waals surface area (Å²) in [6, 6.07) is 14.4. The predicted molar refractivity (Wildman–Crippen MR) is 132 cm³/mol. The second kappa shape index (κ2) is 8.69. The summed E-state index contributed by atoms with van der Waals surface area (Å²) in [5.41, 5.74) is 1.86. The number of Topliss-reactive ketones (excluding diaryl/α,β-unsaturated/α-hetero) is 1. The van der Waals surface area contributed by atoms with Crippen LogP contribution in [0.25, 0.3) is 0 Å². The number of hydrogen-bond donors (Lipinski definition) is 1. The van der Waals surface area contributed by atoms with E-state index in [0.29, 0.717) is 11.4 Å². The first-order chi connectivity index (χ1) is 15.2. The van der Waals surface area contributed by atoms with E-state index < -0.39 is 23.1 Å². The van der Waals surface area contributed by atoms with E-state index in [-0.39, 0.29) is 22.9 Å². The van der Waals surface area contributed by atoms with Gasteiger partial charge in [-0.25, -0.2) is 0 Å². The Morgan fingerprint density at radius 3 is 1.94 bits per heavy atom. The molecular formula is C28H35NO4. The van der Waals surface area contributed by atoms with Crippen LogP contribution in [0.1, 0.15) is 72.6 Å². The maximum Gasteiger partial charge on any atom is 0.294 e. The van der Waals surface area contributed by atoms with Gasteiger partial charge in [-0.15, -0.1) is 0 Å². The Morgan fingerprint density at radius 1 is 0.939 bits per heavy atom. The smallest absolute Gasteiger partial charge is 0.294 e. The molecular weight excluding hydrogens is 414 g/mol. The van der Waals surface area contributed by atoms with Crippen molar-refractivity contribution in [2.45, 2.75) is 73.0 Å². The van der Waals surface area contributed by atoms with E-state index in [2.05, 4.69) is 20.8 Å². The van der Waals surface area contributed by atoms with Crippen LogP contribution in [0.5, 0.6) is 5.75 Å². The Bertz CT molecular complexity index is 1060. The summed E-state index contributed by atoms with van der Waals surface area (Å²) in [5, 5.41) is 10.9. The fourth-order valence-electron chi connectivity index (χ4n) is 3.95. The zero-order valence-corrected chi connectivity index (χ0v) is 20.9. The maximum absolute atomic E-state index is 13.4. The third-order valence-corrected chi connectivity index (χ3v) is 5.71. The molecule has 5 heteroatoms. The number of ketones is 1. The van der Waals surface area contributed by atoms with Gasteiger partial charge in [-0.3, -0.25) is 14.5 Å². The van der Waals surface area contributed by atoms with Crippen molar-refractivity contribution in [2.75, 3.05) is 4.90 Å².